The molecule has 0 aliphatic rings. The molecule has 0 bridgehead atoms. The van der Waals surface area contributed by atoms with Crippen molar-refractivity contribution in [1.82, 2.24) is 4.98 Å². The molecule has 0 radical (unpaired) electrons. The van der Waals surface area contributed by atoms with Crippen LogP contribution in [0.25, 0.3) is 17.2 Å². The van der Waals surface area contributed by atoms with Crippen LogP contribution < -0.4 is 4.74 Å². The van der Waals surface area contributed by atoms with Crippen LogP contribution in [0.15, 0.2) is 53.0 Å². The molecule has 1 heterocycles. The fourth-order valence-corrected chi connectivity index (χ4v) is 2.42. The highest BCUT2D eigenvalue weighted by Gasteiger charge is 2.17. The van der Waals surface area contributed by atoms with Gasteiger partial charge in [0.05, 0.1) is 5.56 Å². The van der Waals surface area contributed by atoms with Gasteiger partial charge in [0.2, 0.25) is 11.7 Å². The SMILES string of the molecule is Cc1ccc(OC(F)F)c(C(=O)COC(=O)/C=C/c2nc3ccccc3o2)c1. The van der Waals surface area contributed by atoms with Gasteiger partial charge in [-0.3, -0.25) is 4.79 Å². The molecule has 0 unspecified atom stereocenters. The second-order valence-electron chi connectivity index (χ2n) is 5.76. The number of oxazole rings is 1. The number of nitrogens with zero attached hydrogens (tertiary/aromatic N) is 1. The topological polar surface area (TPSA) is 78.6 Å². The number of Topliss-reactive ketones (excluding diaryl/α,β-unsaturated/α-hetero) is 1. The smallest absolute Gasteiger partial charge is 0.387 e. The number of ketones is 1. The number of carbonyl (C=O) groups excluding carboxylic acids is 2. The lowest BCUT2D eigenvalue weighted by Crippen LogP contribution is -2.15. The number of halogens is 2. The zero-order valence-electron chi connectivity index (χ0n) is 14.7. The monoisotopic (exact) mass is 387 g/mol. The number of hydrogen-bond acceptors (Lipinski definition) is 6. The summed E-state index contributed by atoms with van der Waals surface area (Å²) in [7, 11) is 0. The molecule has 28 heavy (non-hydrogen) atoms. The average Bonchev–Trinajstić information content (AvgIpc) is 3.08. The Bertz CT molecular complexity index is 1010. The van der Waals surface area contributed by atoms with Crippen LogP contribution >= 0.6 is 0 Å². The van der Waals surface area contributed by atoms with E-state index in [4.69, 9.17) is 9.15 Å². The number of para-hydroxylation sites is 2. The normalized spacial score (nSPS) is 11.3. The summed E-state index contributed by atoms with van der Waals surface area (Å²) in [5, 5.41) is 0. The molecule has 0 aliphatic carbocycles. The van der Waals surface area contributed by atoms with Crippen molar-refractivity contribution in [3.63, 3.8) is 0 Å². The number of esters is 1. The molecule has 0 saturated carbocycles. The van der Waals surface area contributed by atoms with Gasteiger partial charge in [0, 0.05) is 12.2 Å². The summed E-state index contributed by atoms with van der Waals surface area (Å²) in [5.41, 5.74) is 1.79. The van der Waals surface area contributed by atoms with Gasteiger partial charge in [-0.05, 0) is 31.2 Å². The number of carbonyl (C=O) groups is 2. The Labute approximate surface area is 158 Å². The molecule has 3 aromatic rings. The number of ether oxygens (including phenoxy) is 2. The molecular formula is C20H15F2NO5. The predicted molar refractivity (Wildman–Crippen MR) is 96.1 cm³/mol. The number of aryl methyl sites for hydroxylation is 1. The van der Waals surface area contributed by atoms with Gasteiger partial charge in [-0.2, -0.15) is 8.78 Å². The molecule has 3 rings (SSSR count). The number of aromatic nitrogens is 1. The van der Waals surface area contributed by atoms with Crippen LogP contribution in [0.5, 0.6) is 5.75 Å². The lowest BCUT2D eigenvalue weighted by atomic mass is 10.1. The van der Waals surface area contributed by atoms with Gasteiger partial charge in [-0.15, -0.1) is 0 Å². The standard InChI is InChI=1S/C20H15F2NO5/c1-12-6-7-16(28-20(21)22)13(10-12)15(24)11-26-19(25)9-8-18-23-14-4-2-3-5-17(14)27-18/h2-10,20H,11H2,1H3/b9-8+. The summed E-state index contributed by atoms with van der Waals surface area (Å²) in [4.78, 5) is 28.2. The Morgan fingerprint density at radius 2 is 2.00 bits per heavy atom. The molecule has 0 fully saturated rings. The summed E-state index contributed by atoms with van der Waals surface area (Å²) in [6, 6.07) is 11.3. The molecule has 0 N–H and O–H groups in total. The molecule has 2 aromatic carbocycles. The minimum absolute atomic E-state index is 0.0870. The summed E-state index contributed by atoms with van der Waals surface area (Å²) in [6.07, 6.45) is 2.37. The molecule has 0 saturated heterocycles. The van der Waals surface area contributed by atoms with Gasteiger partial charge in [0.15, 0.2) is 12.2 Å². The van der Waals surface area contributed by atoms with Crippen molar-refractivity contribution >= 4 is 28.9 Å². The highest BCUT2D eigenvalue weighted by Crippen LogP contribution is 2.23. The van der Waals surface area contributed by atoms with E-state index in [0.29, 0.717) is 16.7 Å². The van der Waals surface area contributed by atoms with Crippen molar-refractivity contribution in [2.45, 2.75) is 13.5 Å². The third-order valence-electron chi connectivity index (χ3n) is 3.67. The van der Waals surface area contributed by atoms with E-state index >= 15 is 0 Å². The highest BCUT2D eigenvalue weighted by molar-refractivity contribution is 6.01. The minimum atomic E-state index is -3.07. The Morgan fingerprint density at radius 3 is 2.75 bits per heavy atom. The maximum atomic E-state index is 12.5. The van der Waals surface area contributed by atoms with Crippen molar-refractivity contribution in [3.05, 3.63) is 65.6 Å². The number of fused-ring (bicyclic) bond motifs is 1. The van der Waals surface area contributed by atoms with Gasteiger partial charge in [0.25, 0.3) is 0 Å². The summed E-state index contributed by atoms with van der Waals surface area (Å²) >= 11 is 0. The van der Waals surface area contributed by atoms with Gasteiger partial charge in [0.1, 0.15) is 11.3 Å². The highest BCUT2D eigenvalue weighted by atomic mass is 19.3. The first kappa shape index (κ1) is 19.2. The first-order valence-electron chi connectivity index (χ1n) is 8.21. The van der Waals surface area contributed by atoms with Gasteiger partial charge >= 0.3 is 12.6 Å². The summed E-state index contributed by atoms with van der Waals surface area (Å²) in [6.45, 7) is -2.01. The van der Waals surface area contributed by atoms with E-state index in [2.05, 4.69) is 9.72 Å². The summed E-state index contributed by atoms with van der Waals surface area (Å²) in [5.74, 6) is -1.54. The van der Waals surface area contributed by atoms with Crippen LogP contribution in [0.2, 0.25) is 0 Å². The van der Waals surface area contributed by atoms with Crippen molar-refractivity contribution in [2.75, 3.05) is 6.61 Å². The Balaban J connectivity index is 1.62. The van der Waals surface area contributed by atoms with E-state index < -0.39 is 25.0 Å². The van der Waals surface area contributed by atoms with Crippen molar-refractivity contribution < 1.29 is 32.3 Å². The van der Waals surface area contributed by atoms with Crippen LogP contribution in [0.1, 0.15) is 21.8 Å². The molecule has 1 aromatic heterocycles. The molecule has 6 nitrogen and oxygen atoms in total. The Kier molecular flexibility index (Phi) is 5.78. The molecule has 144 valence electrons. The minimum Gasteiger partial charge on any atom is -0.454 e. The van der Waals surface area contributed by atoms with E-state index in [0.717, 1.165) is 6.08 Å². The molecule has 0 aliphatic heterocycles. The Morgan fingerprint density at radius 1 is 1.21 bits per heavy atom. The third-order valence-corrected chi connectivity index (χ3v) is 3.67. The third kappa shape index (κ3) is 4.79. The van der Waals surface area contributed by atoms with Crippen molar-refractivity contribution in [2.24, 2.45) is 0 Å². The van der Waals surface area contributed by atoms with Crippen LogP contribution in [0.4, 0.5) is 8.78 Å². The fourth-order valence-electron chi connectivity index (χ4n) is 2.42. The van der Waals surface area contributed by atoms with E-state index in [1.54, 1.807) is 31.2 Å². The fraction of sp³-hybridized carbons (Fsp3) is 0.150. The van der Waals surface area contributed by atoms with E-state index in [9.17, 15) is 18.4 Å². The van der Waals surface area contributed by atoms with Crippen molar-refractivity contribution in [1.29, 1.82) is 0 Å². The molecule has 0 atom stereocenters. The Hall–Kier alpha value is -3.55. The summed E-state index contributed by atoms with van der Waals surface area (Å²) < 4.78 is 39.6. The first-order chi connectivity index (χ1) is 13.4. The van der Waals surface area contributed by atoms with E-state index in [1.165, 1.54) is 24.3 Å². The van der Waals surface area contributed by atoms with E-state index in [1.807, 2.05) is 0 Å². The van der Waals surface area contributed by atoms with Gasteiger partial charge in [-0.25, -0.2) is 9.78 Å². The van der Waals surface area contributed by atoms with E-state index in [-0.39, 0.29) is 17.2 Å². The number of alkyl halides is 2. The number of hydrogen-bond donors (Lipinski definition) is 0. The predicted octanol–water partition coefficient (Wildman–Crippen LogP) is 4.18. The van der Waals surface area contributed by atoms with Crippen LogP contribution in [0, 0.1) is 6.92 Å². The number of benzene rings is 2. The average molecular weight is 387 g/mol. The zero-order valence-corrected chi connectivity index (χ0v) is 14.7. The first-order valence-corrected chi connectivity index (χ1v) is 8.21. The lowest BCUT2D eigenvalue weighted by Gasteiger charge is -2.10. The zero-order chi connectivity index (χ0) is 20.1. The van der Waals surface area contributed by atoms with Crippen LogP contribution in [-0.2, 0) is 9.53 Å². The largest absolute Gasteiger partial charge is 0.454 e. The number of rotatable bonds is 7. The van der Waals surface area contributed by atoms with Crippen molar-refractivity contribution in [3.8, 4) is 5.75 Å². The molecule has 0 amide bonds. The maximum absolute atomic E-state index is 12.5. The molecule has 0 spiro atoms. The van der Waals surface area contributed by atoms with Gasteiger partial charge < -0.3 is 13.9 Å². The molecule has 8 heteroatoms. The lowest BCUT2D eigenvalue weighted by molar-refractivity contribution is -0.136. The van der Waals surface area contributed by atoms with Gasteiger partial charge in [-0.1, -0.05) is 23.8 Å². The quantitative estimate of drug-likeness (QED) is 0.344. The second-order valence-corrected chi connectivity index (χ2v) is 5.76. The second kappa shape index (κ2) is 8.43. The maximum Gasteiger partial charge on any atom is 0.387 e. The molecular weight excluding hydrogens is 372 g/mol. The van der Waals surface area contributed by atoms with Crippen LogP contribution in [0.3, 0.4) is 0 Å². The van der Waals surface area contributed by atoms with Crippen LogP contribution in [-0.4, -0.2) is 30.0 Å².